The van der Waals surface area contributed by atoms with Crippen molar-refractivity contribution >= 4 is 34.2 Å². The van der Waals surface area contributed by atoms with Gasteiger partial charge in [-0.25, -0.2) is 9.78 Å². The number of para-hydroxylation sites is 3. The Morgan fingerprint density at radius 2 is 1.88 bits per heavy atom. The molecule has 7 heteroatoms. The molecule has 0 atom stereocenters. The number of esters is 1. The van der Waals surface area contributed by atoms with Gasteiger partial charge in [-0.3, -0.25) is 4.40 Å². The summed E-state index contributed by atoms with van der Waals surface area (Å²) in [5.41, 5.74) is 3.38. The molecule has 0 saturated heterocycles. The van der Waals surface area contributed by atoms with E-state index < -0.39 is 0 Å². The quantitative estimate of drug-likeness (QED) is 0.569. The van der Waals surface area contributed by atoms with Crippen LogP contribution in [0.2, 0.25) is 0 Å². The summed E-state index contributed by atoms with van der Waals surface area (Å²) in [6.45, 7) is 3.99. The Morgan fingerprint density at radius 3 is 2.73 bits per heavy atom. The van der Waals surface area contributed by atoms with E-state index in [4.69, 9.17) is 4.74 Å². The van der Waals surface area contributed by atoms with Gasteiger partial charge in [0.1, 0.15) is 5.82 Å². The van der Waals surface area contributed by atoms with Crippen molar-refractivity contribution in [1.29, 1.82) is 0 Å². The molecule has 2 aromatic carbocycles. The van der Waals surface area contributed by atoms with Gasteiger partial charge in [0, 0.05) is 0 Å². The number of aromatic nitrogens is 4. The molecule has 4 rings (SSSR count). The number of hydrogen-bond donors (Lipinski definition) is 1. The van der Waals surface area contributed by atoms with Gasteiger partial charge in [-0.1, -0.05) is 24.3 Å². The van der Waals surface area contributed by atoms with Crippen LogP contribution in [0.4, 0.5) is 11.5 Å². The fraction of sp³-hybridized carbons (Fsp3) is 0.158. The third kappa shape index (κ3) is 2.63. The van der Waals surface area contributed by atoms with Gasteiger partial charge in [-0.2, -0.15) is 0 Å². The molecule has 1 N–H and O–H groups in total. The van der Waals surface area contributed by atoms with Crippen LogP contribution in [-0.2, 0) is 4.74 Å². The summed E-state index contributed by atoms with van der Waals surface area (Å²) in [7, 11) is 0. The highest BCUT2D eigenvalue weighted by Crippen LogP contribution is 2.26. The monoisotopic (exact) mass is 347 g/mol. The number of benzene rings is 2. The molecule has 0 aliphatic heterocycles. The van der Waals surface area contributed by atoms with Crippen molar-refractivity contribution in [3.8, 4) is 0 Å². The van der Waals surface area contributed by atoms with E-state index in [0.717, 1.165) is 16.9 Å². The molecule has 130 valence electrons. The smallest absolute Gasteiger partial charge is 0.340 e. The largest absolute Gasteiger partial charge is 0.462 e. The first kappa shape index (κ1) is 16.0. The molecular formula is C19H17N5O2. The Hall–Kier alpha value is -3.48. The molecule has 2 heterocycles. The van der Waals surface area contributed by atoms with Gasteiger partial charge >= 0.3 is 5.97 Å². The van der Waals surface area contributed by atoms with Crippen LogP contribution < -0.4 is 5.32 Å². The Kier molecular flexibility index (Phi) is 3.96. The average Bonchev–Trinajstić information content (AvgIpc) is 3.05. The number of fused-ring (bicyclic) bond motifs is 3. The van der Waals surface area contributed by atoms with Crippen molar-refractivity contribution in [2.45, 2.75) is 13.8 Å². The van der Waals surface area contributed by atoms with Crippen LogP contribution in [0.5, 0.6) is 0 Å². The maximum Gasteiger partial charge on any atom is 0.340 e. The van der Waals surface area contributed by atoms with Gasteiger partial charge in [0.05, 0.1) is 28.9 Å². The van der Waals surface area contributed by atoms with E-state index in [9.17, 15) is 4.79 Å². The van der Waals surface area contributed by atoms with Gasteiger partial charge in [-0.05, 0) is 38.1 Å². The fourth-order valence-electron chi connectivity index (χ4n) is 2.91. The zero-order chi connectivity index (χ0) is 18.1. The van der Waals surface area contributed by atoms with Crippen LogP contribution in [0.15, 0.2) is 48.5 Å². The first-order valence-corrected chi connectivity index (χ1v) is 8.32. The number of carbonyl (C=O) groups excluding carboxylic acids is 1. The first-order valence-electron chi connectivity index (χ1n) is 8.32. The van der Waals surface area contributed by atoms with Gasteiger partial charge in [0.25, 0.3) is 0 Å². The number of nitrogens with zero attached hydrogens (tertiary/aromatic N) is 4. The molecular weight excluding hydrogens is 330 g/mol. The molecule has 4 aromatic rings. The number of ether oxygens (including phenoxy) is 1. The van der Waals surface area contributed by atoms with Gasteiger partial charge in [0.2, 0.25) is 5.65 Å². The third-order valence-corrected chi connectivity index (χ3v) is 4.07. The van der Waals surface area contributed by atoms with E-state index in [0.29, 0.717) is 29.3 Å². The molecule has 0 unspecified atom stereocenters. The van der Waals surface area contributed by atoms with Crippen molar-refractivity contribution < 1.29 is 9.53 Å². The normalized spacial score (nSPS) is 11.0. The Labute approximate surface area is 149 Å². The summed E-state index contributed by atoms with van der Waals surface area (Å²) in [5, 5.41) is 11.6. The second kappa shape index (κ2) is 6.44. The summed E-state index contributed by atoms with van der Waals surface area (Å²) in [6.07, 6.45) is 0. The van der Waals surface area contributed by atoms with E-state index in [1.165, 1.54) is 0 Å². The lowest BCUT2D eigenvalue weighted by molar-refractivity contribution is 0.0527. The van der Waals surface area contributed by atoms with Crippen molar-refractivity contribution in [1.82, 2.24) is 19.6 Å². The minimum Gasteiger partial charge on any atom is -0.462 e. The molecule has 26 heavy (non-hydrogen) atoms. The van der Waals surface area contributed by atoms with Crippen LogP contribution in [-0.4, -0.2) is 32.2 Å². The number of nitrogens with one attached hydrogen (secondary N) is 1. The highest BCUT2D eigenvalue weighted by atomic mass is 16.5. The number of rotatable bonds is 4. The fourth-order valence-corrected chi connectivity index (χ4v) is 2.91. The van der Waals surface area contributed by atoms with E-state index in [1.807, 2.05) is 47.7 Å². The summed E-state index contributed by atoms with van der Waals surface area (Å²) in [4.78, 5) is 16.9. The summed E-state index contributed by atoms with van der Waals surface area (Å²) < 4.78 is 7.08. The molecule has 0 aliphatic carbocycles. The molecule has 0 fully saturated rings. The summed E-state index contributed by atoms with van der Waals surface area (Å²) in [6, 6.07) is 14.9. The molecule has 0 radical (unpaired) electrons. The van der Waals surface area contributed by atoms with Crippen LogP contribution in [0.3, 0.4) is 0 Å². The second-order valence-electron chi connectivity index (χ2n) is 5.75. The Balaban J connectivity index is 1.87. The maximum absolute atomic E-state index is 12.2. The maximum atomic E-state index is 12.2. The predicted molar refractivity (Wildman–Crippen MR) is 98.7 cm³/mol. The van der Waals surface area contributed by atoms with Crippen LogP contribution in [0.25, 0.3) is 16.7 Å². The number of anilines is 2. The highest BCUT2D eigenvalue weighted by molar-refractivity contribution is 5.97. The van der Waals surface area contributed by atoms with Crippen molar-refractivity contribution in [2.75, 3.05) is 11.9 Å². The molecule has 0 amide bonds. The molecule has 0 spiro atoms. The van der Waals surface area contributed by atoms with Crippen LogP contribution in [0, 0.1) is 6.92 Å². The lowest BCUT2D eigenvalue weighted by Gasteiger charge is -2.12. The zero-order valence-corrected chi connectivity index (χ0v) is 14.4. The Morgan fingerprint density at radius 1 is 1.12 bits per heavy atom. The highest BCUT2D eigenvalue weighted by Gasteiger charge is 2.16. The molecule has 2 aromatic heterocycles. The van der Waals surface area contributed by atoms with Crippen molar-refractivity contribution in [2.24, 2.45) is 0 Å². The zero-order valence-electron chi connectivity index (χ0n) is 14.4. The standard InChI is InChI=1S/C19H17N5O2/c1-3-26-19(25)13-8-4-5-9-14(13)20-17-18-23-22-12(2)24(18)16-11-7-6-10-15(16)21-17/h4-11H,3H2,1-2H3,(H,20,21). The third-order valence-electron chi connectivity index (χ3n) is 4.07. The predicted octanol–water partition coefficient (Wildman–Crippen LogP) is 3.51. The van der Waals surface area contributed by atoms with Crippen LogP contribution in [0.1, 0.15) is 23.1 Å². The van der Waals surface area contributed by atoms with Crippen molar-refractivity contribution in [3.05, 3.63) is 59.9 Å². The topological polar surface area (TPSA) is 81.4 Å². The van der Waals surface area contributed by atoms with E-state index in [1.54, 1.807) is 19.1 Å². The molecule has 0 aliphatic rings. The minimum absolute atomic E-state index is 0.314. The van der Waals surface area contributed by atoms with E-state index in [-0.39, 0.29) is 5.97 Å². The second-order valence-corrected chi connectivity index (χ2v) is 5.75. The first-order chi connectivity index (χ1) is 12.7. The van der Waals surface area contributed by atoms with Gasteiger partial charge in [-0.15, -0.1) is 10.2 Å². The number of hydrogen-bond acceptors (Lipinski definition) is 6. The average molecular weight is 347 g/mol. The van der Waals surface area contributed by atoms with Crippen molar-refractivity contribution in [3.63, 3.8) is 0 Å². The minimum atomic E-state index is -0.384. The molecule has 0 saturated carbocycles. The summed E-state index contributed by atoms with van der Waals surface area (Å²) in [5.74, 6) is 0.909. The van der Waals surface area contributed by atoms with Crippen LogP contribution >= 0.6 is 0 Å². The van der Waals surface area contributed by atoms with Gasteiger partial charge < -0.3 is 10.1 Å². The molecule has 7 nitrogen and oxygen atoms in total. The SMILES string of the molecule is CCOC(=O)c1ccccc1Nc1nc2ccccc2n2c(C)nnc12. The molecule has 0 bridgehead atoms. The number of carbonyl (C=O) groups is 1. The Bertz CT molecular complexity index is 1120. The van der Waals surface area contributed by atoms with Gasteiger partial charge in [0.15, 0.2) is 5.82 Å². The number of aryl methyl sites for hydroxylation is 1. The summed E-state index contributed by atoms with van der Waals surface area (Å²) >= 11 is 0. The lowest BCUT2D eigenvalue weighted by Crippen LogP contribution is -2.09. The van der Waals surface area contributed by atoms with E-state index >= 15 is 0 Å². The lowest BCUT2D eigenvalue weighted by atomic mass is 10.2. The van der Waals surface area contributed by atoms with E-state index in [2.05, 4.69) is 20.5 Å².